The normalized spacial score (nSPS) is 18.3. The summed E-state index contributed by atoms with van der Waals surface area (Å²) in [5.41, 5.74) is 1.96. The number of aryl methyl sites for hydroxylation is 1. The molecule has 2 aromatic rings. The van der Waals surface area contributed by atoms with Crippen LogP contribution < -0.4 is 5.32 Å². The zero-order valence-electron chi connectivity index (χ0n) is 13.1. The van der Waals surface area contributed by atoms with E-state index in [0.717, 1.165) is 37.0 Å². The number of halogens is 1. The van der Waals surface area contributed by atoms with E-state index in [1.165, 1.54) is 12.0 Å². The van der Waals surface area contributed by atoms with Crippen LogP contribution in [0.2, 0.25) is 0 Å². The highest BCUT2D eigenvalue weighted by molar-refractivity contribution is 5.96. The van der Waals surface area contributed by atoms with Crippen LogP contribution in [-0.4, -0.2) is 37.5 Å². The third-order valence-corrected chi connectivity index (χ3v) is 4.18. The molecule has 3 rings (SSSR count). The van der Waals surface area contributed by atoms with Gasteiger partial charge in [-0.3, -0.25) is 4.79 Å². The van der Waals surface area contributed by atoms with E-state index in [9.17, 15) is 4.79 Å². The maximum atomic E-state index is 12.6. The van der Waals surface area contributed by atoms with Gasteiger partial charge in [0.05, 0.1) is 0 Å². The van der Waals surface area contributed by atoms with Crippen LogP contribution in [0.5, 0.6) is 0 Å². The number of carbonyl (C=O) groups is 1. The van der Waals surface area contributed by atoms with E-state index in [1.54, 1.807) is 0 Å². The van der Waals surface area contributed by atoms with Gasteiger partial charge in [0.15, 0.2) is 5.76 Å². The van der Waals surface area contributed by atoms with Crippen molar-refractivity contribution in [2.45, 2.75) is 19.8 Å². The third kappa shape index (κ3) is 3.45. The molecular formula is C17H23ClN2O2. The number of nitrogens with one attached hydrogen (secondary N) is 1. The first-order valence-corrected chi connectivity index (χ1v) is 7.61. The summed E-state index contributed by atoms with van der Waals surface area (Å²) in [4.78, 5) is 14.5. The number of rotatable bonds is 3. The van der Waals surface area contributed by atoms with Crippen molar-refractivity contribution in [2.24, 2.45) is 5.92 Å². The van der Waals surface area contributed by atoms with Crippen LogP contribution in [0, 0.1) is 12.8 Å². The lowest BCUT2D eigenvalue weighted by molar-refractivity contribution is 0.0644. The van der Waals surface area contributed by atoms with Crippen molar-refractivity contribution in [1.82, 2.24) is 10.2 Å². The molecule has 1 amide bonds. The highest BCUT2D eigenvalue weighted by Gasteiger charge is 2.26. The molecule has 1 aliphatic rings. The summed E-state index contributed by atoms with van der Waals surface area (Å²) in [6.07, 6.45) is 2.25. The summed E-state index contributed by atoms with van der Waals surface area (Å²) in [5.74, 6) is 1.02. The smallest absolute Gasteiger partial charge is 0.289 e. The summed E-state index contributed by atoms with van der Waals surface area (Å²) in [7, 11) is 1.96. The Kier molecular flexibility index (Phi) is 5.48. The molecule has 1 aliphatic heterocycles. The molecule has 1 aromatic carbocycles. The minimum Gasteiger partial charge on any atom is -0.451 e. The molecule has 1 saturated heterocycles. The molecule has 120 valence electrons. The molecule has 1 fully saturated rings. The van der Waals surface area contributed by atoms with Crippen molar-refractivity contribution in [1.29, 1.82) is 0 Å². The predicted molar refractivity (Wildman–Crippen MR) is 90.8 cm³/mol. The Balaban J connectivity index is 0.00000176. The minimum absolute atomic E-state index is 0. The van der Waals surface area contributed by atoms with Gasteiger partial charge in [-0.1, -0.05) is 11.6 Å². The largest absolute Gasteiger partial charge is 0.451 e. The summed E-state index contributed by atoms with van der Waals surface area (Å²) < 4.78 is 5.73. The molecule has 1 N–H and O–H groups in total. The zero-order valence-corrected chi connectivity index (χ0v) is 13.9. The number of carbonyl (C=O) groups excluding carboxylic acids is 1. The molecule has 1 aromatic heterocycles. The molecule has 4 nitrogen and oxygen atoms in total. The van der Waals surface area contributed by atoms with Gasteiger partial charge < -0.3 is 14.6 Å². The van der Waals surface area contributed by atoms with Gasteiger partial charge in [0.25, 0.3) is 5.91 Å². The number of fused-ring (bicyclic) bond motifs is 1. The zero-order chi connectivity index (χ0) is 14.8. The first kappa shape index (κ1) is 16.8. The Morgan fingerprint density at radius 2 is 2.23 bits per heavy atom. The van der Waals surface area contributed by atoms with Gasteiger partial charge in [0, 0.05) is 18.5 Å². The number of nitrogens with zero attached hydrogens (tertiary/aromatic N) is 1. The Hall–Kier alpha value is -1.52. The van der Waals surface area contributed by atoms with Gasteiger partial charge in [-0.05, 0) is 57.5 Å². The lowest BCUT2D eigenvalue weighted by atomic mass is 9.98. The SMILES string of the molecule is CNCC1CCCN(C(=O)c2cc3cc(C)ccc3o2)C1.Cl. The fourth-order valence-electron chi connectivity index (χ4n) is 3.13. The Bertz CT molecular complexity index is 651. The van der Waals surface area contributed by atoms with E-state index in [4.69, 9.17) is 4.42 Å². The van der Waals surface area contributed by atoms with Crippen molar-refractivity contribution >= 4 is 29.3 Å². The fraction of sp³-hybridized carbons (Fsp3) is 0.471. The number of piperidine rings is 1. The van der Waals surface area contributed by atoms with Gasteiger partial charge in [-0.25, -0.2) is 0 Å². The van der Waals surface area contributed by atoms with Gasteiger partial charge >= 0.3 is 0 Å². The first-order chi connectivity index (χ1) is 10.2. The van der Waals surface area contributed by atoms with Gasteiger partial charge in [-0.15, -0.1) is 12.4 Å². The molecule has 22 heavy (non-hydrogen) atoms. The van der Waals surface area contributed by atoms with Crippen molar-refractivity contribution in [3.63, 3.8) is 0 Å². The van der Waals surface area contributed by atoms with Crippen LogP contribution in [0.15, 0.2) is 28.7 Å². The topological polar surface area (TPSA) is 45.5 Å². The highest BCUT2D eigenvalue weighted by atomic mass is 35.5. The van der Waals surface area contributed by atoms with Crippen LogP contribution in [0.25, 0.3) is 11.0 Å². The second-order valence-electron chi connectivity index (χ2n) is 5.97. The second kappa shape index (κ2) is 7.16. The predicted octanol–water partition coefficient (Wildman–Crippen LogP) is 3.23. The van der Waals surface area contributed by atoms with Crippen LogP contribution >= 0.6 is 12.4 Å². The number of furan rings is 1. The number of hydrogen-bond acceptors (Lipinski definition) is 3. The quantitative estimate of drug-likeness (QED) is 0.943. The maximum absolute atomic E-state index is 12.6. The first-order valence-electron chi connectivity index (χ1n) is 7.61. The monoisotopic (exact) mass is 322 g/mol. The molecule has 1 unspecified atom stereocenters. The highest BCUT2D eigenvalue weighted by Crippen LogP contribution is 2.24. The number of amides is 1. The average molecular weight is 323 g/mol. The number of likely N-dealkylation sites (tertiary alicyclic amines) is 1. The van der Waals surface area contributed by atoms with E-state index in [0.29, 0.717) is 11.7 Å². The molecular weight excluding hydrogens is 300 g/mol. The van der Waals surface area contributed by atoms with Crippen LogP contribution in [0.1, 0.15) is 29.0 Å². The third-order valence-electron chi connectivity index (χ3n) is 4.18. The van der Waals surface area contributed by atoms with Crippen molar-refractivity contribution in [3.8, 4) is 0 Å². The van der Waals surface area contributed by atoms with Crippen LogP contribution in [0.4, 0.5) is 0 Å². The van der Waals surface area contributed by atoms with E-state index in [2.05, 4.69) is 11.4 Å². The van der Waals surface area contributed by atoms with Crippen molar-refractivity contribution in [2.75, 3.05) is 26.7 Å². The van der Waals surface area contributed by atoms with E-state index in [-0.39, 0.29) is 18.3 Å². The molecule has 0 saturated carbocycles. The molecule has 0 aliphatic carbocycles. The number of hydrogen-bond donors (Lipinski definition) is 1. The Morgan fingerprint density at radius 1 is 1.41 bits per heavy atom. The molecule has 0 bridgehead atoms. The fourth-order valence-corrected chi connectivity index (χ4v) is 3.13. The molecule has 2 heterocycles. The lowest BCUT2D eigenvalue weighted by Gasteiger charge is -2.32. The average Bonchev–Trinajstić information content (AvgIpc) is 2.90. The summed E-state index contributed by atoms with van der Waals surface area (Å²) >= 11 is 0. The summed E-state index contributed by atoms with van der Waals surface area (Å²) in [5, 5.41) is 4.20. The lowest BCUT2D eigenvalue weighted by Crippen LogP contribution is -2.42. The molecule has 0 radical (unpaired) electrons. The van der Waals surface area contributed by atoms with Gasteiger partial charge in [0.1, 0.15) is 5.58 Å². The number of benzene rings is 1. The van der Waals surface area contributed by atoms with Crippen LogP contribution in [0.3, 0.4) is 0 Å². The molecule has 5 heteroatoms. The Morgan fingerprint density at radius 3 is 3.00 bits per heavy atom. The summed E-state index contributed by atoms with van der Waals surface area (Å²) in [6, 6.07) is 7.85. The van der Waals surface area contributed by atoms with Crippen molar-refractivity contribution in [3.05, 3.63) is 35.6 Å². The van der Waals surface area contributed by atoms with Crippen LogP contribution in [-0.2, 0) is 0 Å². The second-order valence-corrected chi connectivity index (χ2v) is 5.97. The Labute approximate surface area is 137 Å². The minimum atomic E-state index is 0. The van der Waals surface area contributed by atoms with Gasteiger partial charge in [-0.2, -0.15) is 0 Å². The van der Waals surface area contributed by atoms with E-state index in [1.807, 2.05) is 37.1 Å². The van der Waals surface area contributed by atoms with E-state index < -0.39 is 0 Å². The van der Waals surface area contributed by atoms with E-state index >= 15 is 0 Å². The van der Waals surface area contributed by atoms with Crippen molar-refractivity contribution < 1.29 is 9.21 Å². The summed E-state index contributed by atoms with van der Waals surface area (Å²) in [6.45, 7) is 4.65. The molecule has 1 atom stereocenters. The maximum Gasteiger partial charge on any atom is 0.289 e. The van der Waals surface area contributed by atoms with Gasteiger partial charge in [0.2, 0.25) is 0 Å². The standard InChI is InChI=1S/C17H22N2O2.ClH/c1-12-5-6-15-14(8-12)9-16(21-15)17(20)19-7-3-4-13(11-19)10-18-2;/h5-6,8-9,13,18H,3-4,7,10-11H2,1-2H3;1H. The molecule has 0 spiro atoms.